The number of halogens is 2. The van der Waals surface area contributed by atoms with Gasteiger partial charge >= 0.3 is 7.12 Å². The van der Waals surface area contributed by atoms with Gasteiger partial charge in [-0.05, 0) is 91.0 Å². The predicted molar refractivity (Wildman–Crippen MR) is 160 cm³/mol. The Morgan fingerprint density at radius 3 is 2.35 bits per heavy atom. The Labute approximate surface area is 251 Å². The SMILES string of the molecule is CC1(C)[C@@H]2C[C@H]3OB([C@H](Cc4cccc(F)c4)NC(=O)CC(NC(=O)c4ccccc4)c4cccc(F)c4)O[C@@]3(C)[C@H]1C2. The second-order valence-corrected chi connectivity index (χ2v) is 13.0. The standard InChI is InChI=1S/C34H37BF2N2O4/c1-33(2)24-18-28(33)34(3)29(19-24)42-35(43-34)30(16-21-9-7-13-25(36)15-21)39-31(40)20-27(23-12-8-14-26(37)17-23)38-32(41)22-10-5-4-6-11-22/h4-15,17,24,27-30H,16,18-20H2,1-3H3,(H,38,41)(H,39,40)/t24-,27?,28-,29+,30-,34-/m0/s1. The summed E-state index contributed by atoms with van der Waals surface area (Å²) in [7, 11) is -0.733. The molecule has 1 saturated heterocycles. The second kappa shape index (κ2) is 11.5. The van der Waals surface area contributed by atoms with Gasteiger partial charge in [-0.15, -0.1) is 0 Å². The van der Waals surface area contributed by atoms with E-state index >= 15 is 0 Å². The molecule has 224 valence electrons. The van der Waals surface area contributed by atoms with E-state index in [-0.39, 0.29) is 42.0 Å². The summed E-state index contributed by atoms with van der Waals surface area (Å²) < 4.78 is 41.5. The van der Waals surface area contributed by atoms with Gasteiger partial charge in [-0.25, -0.2) is 8.78 Å². The Morgan fingerprint density at radius 1 is 0.930 bits per heavy atom. The molecule has 0 aromatic heterocycles. The van der Waals surface area contributed by atoms with Crippen LogP contribution in [0.1, 0.15) is 67.6 Å². The number of benzene rings is 3. The number of carbonyl (C=O) groups is 2. The highest BCUT2D eigenvalue weighted by Gasteiger charge is 2.68. The fraction of sp³-hybridized carbons (Fsp3) is 0.412. The van der Waals surface area contributed by atoms with E-state index in [1.54, 1.807) is 48.5 Å². The Hall–Kier alpha value is -3.56. The van der Waals surface area contributed by atoms with Gasteiger partial charge in [0.1, 0.15) is 11.6 Å². The number of hydrogen-bond donors (Lipinski definition) is 2. The summed E-state index contributed by atoms with van der Waals surface area (Å²) in [6.45, 7) is 6.68. The van der Waals surface area contributed by atoms with Crippen LogP contribution in [0.4, 0.5) is 8.78 Å². The minimum absolute atomic E-state index is 0.0913. The summed E-state index contributed by atoms with van der Waals surface area (Å²) in [6, 6.07) is 20.0. The van der Waals surface area contributed by atoms with Crippen LogP contribution in [-0.2, 0) is 20.5 Å². The minimum Gasteiger partial charge on any atom is -0.404 e. The van der Waals surface area contributed by atoms with E-state index in [4.69, 9.17) is 9.31 Å². The lowest BCUT2D eigenvalue weighted by Gasteiger charge is -2.64. The first-order valence-corrected chi connectivity index (χ1v) is 15.0. The zero-order valence-electron chi connectivity index (χ0n) is 24.7. The molecule has 4 aliphatic rings. The van der Waals surface area contributed by atoms with Gasteiger partial charge in [-0.2, -0.15) is 0 Å². The molecule has 1 heterocycles. The molecule has 3 saturated carbocycles. The van der Waals surface area contributed by atoms with Gasteiger partial charge in [-0.1, -0.05) is 56.3 Å². The summed E-state index contributed by atoms with van der Waals surface area (Å²) in [5.41, 5.74) is 1.26. The van der Waals surface area contributed by atoms with Crippen molar-refractivity contribution in [3.63, 3.8) is 0 Å². The van der Waals surface area contributed by atoms with Gasteiger partial charge in [0.2, 0.25) is 5.91 Å². The molecule has 3 aromatic rings. The smallest absolute Gasteiger partial charge is 0.404 e. The second-order valence-electron chi connectivity index (χ2n) is 13.0. The van der Waals surface area contributed by atoms with Gasteiger partial charge < -0.3 is 19.9 Å². The normalized spacial score (nSPS) is 26.5. The molecule has 6 atom stereocenters. The molecule has 1 unspecified atom stereocenters. The Bertz CT molecular complexity index is 1500. The maximum Gasteiger partial charge on any atom is 0.482 e. The van der Waals surface area contributed by atoms with Gasteiger partial charge in [0.05, 0.1) is 30.1 Å². The molecule has 9 heteroatoms. The highest BCUT2D eigenvalue weighted by molar-refractivity contribution is 6.48. The van der Waals surface area contributed by atoms with Crippen molar-refractivity contribution in [2.45, 2.75) is 70.1 Å². The molecule has 1 aliphatic heterocycles. The lowest BCUT2D eigenvalue weighted by Crippen LogP contribution is -2.65. The van der Waals surface area contributed by atoms with Crippen LogP contribution in [0, 0.1) is 28.9 Å². The third kappa shape index (κ3) is 5.85. The molecule has 0 spiro atoms. The van der Waals surface area contributed by atoms with Crippen molar-refractivity contribution in [3.8, 4) is 0 Å². The maximum absolute atomic E-state index is 14.2. The van der Waals surface area contributed by atoms with Gasteiger partial charge in [0, 0.05) is 5.56 Å². The number of nitrogens with one attached hydrogen (secondary N) is 2. The quantitative estimate of drug-likeness (QED) is 0.310. The van der Waals surface area contributed by atoms with Crippen molar-refractivity contribution in [3.05, 3.63) is 107 Å². The summed E-state index contributed by atoms with van der Waals surface area (Å²) in [4.78, 5) is 26.7. The lowest BCUT2D eigenvalue weighted by atomic mass is 9.43. The lowest BCUT2D eigenvalue weighted by molar-refractivity contribution is -0.199. The molecule has 3 aromatic carbocycles. The summed E-state index contributed by atoms with van der Waals surface area (Å²) in [5.74, 6) is -1.30. The maximum atomic E-state index is 14.2. The number of carbonyl (C=O) groups excluding carboxylic acids is 2. The molecular formula is C34H37BF2N2O4. The van der Waals surface area contributed by atoms with Gasteiger partial charge in [0.25, 0.3) is 5.91 Å². The van der Waals surface area contributed by atoms with Gasteiger partial charge in [-0.3, -0.25) is 9.59 Å². The average Bonchev–Trinajstić information content (AvgIpc) is 3.34. The van der Waals surface area contributed by atoms with E-state index in [1.165, 1.54) is 24.3 Å². The highest BCUT2D eigenvalue weighted by Crippen LogP contribution is 2.65. The first kappa shape index (κ1) is 29.5. The molecular weight excluding hydrogens is 549 g/mol. The third-order valence-corrected chi connectivity index (χ3v) is 9.97. The van der Waals surface area contributed by atoms with Crippen LogP contribution >= 0.6 is 0 Å². The average molecular weight is 586 g/mol. The predicted octanol–water partition coefficient (Wildman–Crippen LogP) is 5.82. The number of rotatable bonds is 9. The molecule has 2 N–H and O–H groups in total. The topological polar surface area (TPSA) is 76.7 Å². The minimum atomic E-state index is -0.795. The van der Waals surface area contributed by atoms with Crippen molar-refractivity contribution in [2.75, 3.05) is 0 Å². The molecule has 7 rings (SSSR count). The van der Waals surface area contributed by atoms with E-state index in [2.05, 4.69) is 31.4 Å². The van der Waals surface area contributed by atoms with E-state index < -0.39 is 30.5 Å². The van der Waals surface area contributed by atoms with Crippen LogP contribution in [0.2, 0.25) is 0 Å². The molecule has 2 bridgehead atoms. The monoisotopic (exact) mass is 586 g/mol. The number of amides is 2. The molecule has 6 nitrogen and oxygen atoms in total. The fourth-order valence-electron chi connectivity index (χ4n) is 7.46. The molecule has 2 amide bonds. The van der Waals surface area contributed by atoms with Crippen molar-refractivity contribution in [2.24, 2.45) is 17.3 Å². The Kier molecular flexibility index (Phi) is 7.90. The van der Waals surface area contributed by atoms with Crippen LogP contribution in [0.15, 0.2) is 78.9 Å². The van der Waals surface area contributed by atoms with Crippen LogP contribution < -0.4 is 10.6 Å². The molecule has 3 aliphatic carbocycles. The third-order valence-electron chi connectivity index (χ3n) is 9.97. The van der Waals surface area contributed by atoms with E-state index in [0.717, 1.165) is 12.8 Å². The Morgan fingerprint density at radius 2 is 1.65 bits per heavy atom. The van der Waals surface area contributed by atoms with E-state index in [1.807, 2.05) is 6.07 Å². The molecule has 43 heavy (non-hydrogen) atoms. The van der Waals surface area contributed by atoms with Crippen molar-refractivity contribution >= 4 is 18.9 Å². The number of hydrogen-bond acceptors (Lipinski definition) is 4. The van der Waals surface area contributed by atoms with E-state index in [0.29, 0.717) is 28.5 Å². The summed E-state index contributed by atoms with van der Waals surface area (Å²) >= 11 is 0. The fourth-order valence-corrected chi connectivity index (χ4v) is 7.46. The first-order valence-electron chi connectivity index (χ1n) is 15.0. The summed E-state index contributed by atoms with van der Waals surface area (Å²) in [6.07, 6.45) is 2.03. The van der Waals surface area contributed by atoms with Crippen LogP contribution in [0.3, 0.4) is 0 Å². The van der Waals surface area contributed by atoms with Crippen molar-refractivity contribution in [1.82, 2.24) is 10.6 Å². The van der Waals surface area contributed by atoms with Crippen molar-refractivity contribution < 1.29 is 27.7 Å². The van der Waals surface area contributed by atoms with Crippen molar-refractivity contribution in [1.29, 1.82) is 0 Å². The molecule has 0 radical (unpaired) electrons. The largest absolute Gasteiger partial charge is 0.482 e. The van der Waals surface area contributed by atoms with Crippen LogP contribution in [0.25, 0.3) is 0 Å². The first-order chi connectivity index (χ1) is 20.5. The van der Waals surface area contributed by atoms with Crippen LogP contribution in [0.5, 0.6) is 0 Å². The highest BCUT2D eigenvalue weighted by atomic mass is 19.1. The van der Waals surface area contributed by atoms with Gasteiger partial charge in [0.15, 0.2) is 0 Å². The van der Waals surface area contributed by atoms with E-state index in [9.17, 15) is 18.4 Å². The molecule has 4 fully saturated rings. The summed E-state index contributed by atoms with van der Waals surface area (Å²) in [5, 5.41) is 5.97. The zero-order valence-corrected chi connectivity index (χ0v) is 24.7. The van der Waals surface area contributed by atoms with Crippen LogP contribution in [-0.4, -0.2) is 36.6 Å². The Balaban J connectivity index is 1.23. The zero-order chi connectivity index (χ0) is 30.4.